The number of fused-ring (bicyclic) bond motifs is 1. The molecule has 0 aliphatic heterocycles. The molecule has 3 aromatic rings. The third kappa shape index (κ3) is 2.83. The van der Waals surface area contributed by atoms with E-state index < -0.39 is 0 Å². The highest BCUT2D eigenvalue weighted by Gasteiger charge is 2.03. The molecule has 0 radical (unpaired) electrons. The fourth-order valence-electron chi connectivity index (χ4n) is 1.88. The van der Waals surface area contributed by atoms with Gasteiger partial charge in [-0.05, 0) is 24.3 Å². The summed E-state index contributed by atoms with van der Waals surface area (Å²) < 4.78 is 11.1. The van der Waals surface area contributed by atoms with E-state index >= 15 is 0 Å². The van der Waals surface area contributed by atoms with E-state index in [-0.39, 0.29) is 0 Å². The van der Waals surface area contributed by atoms with Crippen molar-refractivity contribution in [3.8, 4) is 5.75 Å². The van der Waals surface area contributed by atoms with Crippen LogP contribution in [0.15, 0.2) is 52.9 Å². The monoisotopic (exact) mass is 269 g/mol. The lowest BCUT2D eigenvalue weighted by molar-refractivity contribution is 0.332. The summed E-state index contributed by atoms with van der Waals surface area (Å²) in [6, 6.07) is 15.5. The maximum absolute atomic E-state index is 5.68. The summed E-state index contributed by atoms with van der Waals surface area (Å²) in [5, 5.41) is 3.08. The second kappa shape index (κ2) is 5.52. The average Bonchev–Trinajstić information content (AvgIpc) is 2.86. The highest BCUT2D eigenvalue weighted by atomic mass is 16.5. The van der Waals surface area contributed by atoms with Crippen LogP contribution >= 0.6 is 0 Å². The molecule has 20 heavy (non-hydrogen) atoms. The summed E-state index contributed by atoms with van der Waals surface area (Å²) in [6.07, 6.45) is 0. The topological polar surface area (TPSA) is 73.3 Å². The smallest absolute Gasteiger partial charge is 0.295 e. The molecule has 2 aromatic carbocycles. The van der Waals surface area contributed by atoms with Crippen LogP contribution in [0.3, 0.4) is 0 Å². The Morgan fingerprint density at radius 3 is 2.90 bits per heavy atom. The van der Waals surface area contributed by atoms with Gasteiger partial charge in [0.1, 0.15) is 17.9 Å². The molecule has 0 amide bonds. The van der Waals surface area contributed by atoms with Gasteiger partial charge in [0.05, 0.1) is 6.54 Å². The van der Waals surface area contributed by atoms with E-state index in [9.17, 15) is 0 Å². The quantitative estimate of drug-likeness (QED) is 0.550. The molecular formula is C15H15N3O2. The molecule has 5 nitrogen and oxygen atoms in total. The Kier molecular flexibility index (Phi) is 3.41. The lowest BCUT2D eigenvalue weighted by Gasteiger charge is -2.06. The number of nitrogen functional groups attached to an aromatic ring is 1. The molecular weight excluding hydrogens is 254 g/mol. The molecule has 102 valence electrons. The molecule has 0 spiro atoms. The highest BCUT2D eigenvalue weighted by molar-refractivity contribution is 5.74. The van der Waals surface area contributed by atoms with E-state index in [0.29, 0.717) is 24.9 Å². The Bertz CT molecular complexity index is 676. The van der Waals surface area contributed by atoms with Gasteiger partial charge < -0.3 is 20.2 Å². The van der Waals surface area contributed by atoms with Crippen LogP contribution in [0.5, 0.6) is 5.75 Å². The van der Waals surface area contributed by atoms with Gasteiger partial charge in [-0.2, -0.15) is 4.98 Å². The predicted molar refractivity (Wildman–Crippen MR) is 78.8 cm³/mol. The van der Waals surface area contributed by atoms with Gasteiger partial charge >= 0.3 is 0 Å². The molecule has 0 saturated heterocycles. The summed E-state index contributed by atoms with van der Waals surface area (Å²) >= 11 is 0. The summed E-state index contributed by atoms with van der Waals surface area (Å²) in [4.78, 5) is 4.32. The van der Waals surface area contributed by atoms with Crippen LogP contribution in [0.1, 0.15) is 0 Å². The summed E-state index contributed by atoms with van der Waals surface area (Å²) in [5.74, 6) is 0.754. The maximum Gasteiger partial charge on any atom is 0.295 e. The Labute approximate surface area is 116 Å². The van der Waals surface area contributed by atoms with Crippen LogP contribution < -0.4 is 15.8 Å². The molecule has 0 unspecified atom stereocenters. The van der Waals surface area contributed by atoms with E-state index in [1.807, 2.05) is 42.5 Å². The molecule has 0 aliphatic rings. The van der Waals surface area contributed by atoms with Crippen molar-refractivity contribution < 1.29 is 9.15 Å². The van der Waals surface area contributed by atoms with Crippen LogP contribution in [0.4, 0.5) is 11.7 Å². The zero-order chi connectivity index (χ0) is 13.8. The third-order valence-corrected chi connectivity index (χ3v) is 2.80. The van der Waals surface area contributed by atoms with Gasteiger partial charge in [0.25, 0.3) is 6.01 Å². The molecule has 5 heteroatoms. The van der Waals surface area contributed by atoms with Crippen molar-refractivity contribution >= 4 is 22.8 Å². The predicted octanol–water partition coefficient (Wildman–Crippen LogP) is 2.90. The van der Waals surface area contributed by atoms with Crippen LogP contribution in [0.25, 0.3) is 11.1 Å². The number of oxazole rings is 1. The zero-order valence-electron chi connectivity index (χ0n) is 10.9. The van der Waals surface area contributed by atoms with Crippen molar-refractivity contribution in [2.24, 2.45) is 0 Å². The lowest BCUT2D eigenvalue weighted by atomic mass is 10.3. The number of anilines is 2. The van der Waals surface area contributed by atoms with Crippen molar-refractivity contribution in [3.05, 3.63) is 48.5 Å². The van der Waals surface area contributed by atoms with Gasteiger partial charge in [0, 0.05) is 11.8 Å². The number of rotatable bonds is 5. The van der Waals surface area contributed by atoms with Crippen molar-refractivity contribution in [2.75, 3.05) is 24.2 Å². The first kappa shape index (κ1) is 12.3. The molecule has 0 fully saturated rings. The summed E-state index contributed by atoms with van der Waals surface area (Å²) in [7, 11) is 0. The largest absolute Gasteiger partial charge is 0.492 e. The number of aromatic nitrogens is 1. The zero-order valence-corrected chi connectivity index (χ0v) is 10.9. The Balaban J connectivity index is 1.52. The second-order valence-electron chi connectivity index (χ2n) is 4.33. The molecule has 3 N–H and O–H groups in total. The van der Waals surface area contributed by atoms with E-state index in [4.69, 9.17) is 14.9 Å². The van der Waals surface area contributed by atoms with Gasteiger partial charge in [-0.3, -0.25) is 0 Å². The number of nitrogens with one attached hydrogen (secondary N) is 1. The Morgan fingerprint density at radius 1 is 1.15 bits per heavy atom. The first-order valence-electron chi connectivity index (χ1n) is 6.39. The van der Waals surface area contributed by atoms with Crippen molar-refractivity contribution in [1.82, 2.24) is 4.98 Å². The van der Waals surface area contributed by atoms with Crippen molar-refractivity contribution in [2.45, 2.75) is 0 Å². The number of nitrogens with two attached hydrogens (primary N) is 1. The van der Waals surface area contributed by atoms with Crippen LogP contribution in [-0.2, 0) is 0 Å². The number of nitrogens with zero attached hydrogens (tertiary/aromatic N) is 1. The average molecular weight is 269 g/mol. The molecule has 1 aromatic heterocycles. The van der Waals surface area contributed by atoms with Gasteiger partial charge in [-0.15, -0.1) is 0 Å². The fourth-order valence-corrected chi connectivity index (χ4v) is 1.88. The van der Waals surface area contributed by atoms with E-state index in [1.165, 1.54) is 0 Å². The van der Waals surface area contributed by atoms with Gasteiger partial charge in [-0.1, -0.05) is 18.2 Å². The standard InChI is InChI=1S/C15H15N3O2/c16-11-4-3-5-12(10-11)19-9-8-17-15-18-13-6-1-2-7-14(13)20-15/h1-7,10H,8-9,16H2,(H,17,18). The number of ether oxygens (including phenoxy) is 1. The minimum atomic E-state index is 0.502. The molecule has 3 rings (SSSR count). The van der Waals surface area contributed by atoms with E-state index in [1.54, 1.807) is 6.07 Å². The van der Waals surface area contributed by atoms with Crippen LogP contribution in [0.2, 0.25) is 0 Å². The molecule has 0 aliphatic carbocycles. The summed E-state index contributed by atoms with van der Waals surface area (Å²) in [5.41, 5.74) is 7.98. The first-order chi connectivity index (χ1) is 9.81. The second-order valence-corrected chi connectivity index (χ2v) is 4.33. The van der Waals surface area contributed by atoms with Crippen molar-refractivity contribution in [1.29, 1.82) is 0 Å². The van der Waals surface area contributed by atoms with Crippen LogP contribution in [0, 0.1) is 0 Å². The van der Waals surface area contributed by atoms with Gasteiger partial charge in [0.2, 0.25) is 0 Å². The first-order valence-corrected chi connectivity index (χ1v) is 6.39. The third-order valence-electron chi connectivity index (χ3n) is 2.80. The number of hydrogen-bond donors (Lipinski definition) is 2. The molecule has 0 atom stereocenters. The summed E-state index contributed by atoms with van der Waals surface area (Å²) in [6.45, 7) is 1.10. The minimum absolute atomic E-state index is 0.502. The molecule has 0 saturated carbocycles. The number of hydrogen-bond acceptors (Lipinski definition) is 5. The molecule has 1 heterocycles. The minimum Gasteiger partial charge on any atom is -0.492 e. The maximum atomic E-state index is 5.68. The fraction of sp³-hybridized carbons (Fsp3) is 0.133. The van der Waals surface area contributed by atoms with Crippen LogP contribution in [-0.4, -0.2) is 18.1 Å². The lowest BCUT2D eigenvalue weighted by Crippen LogP contribution is -2.11. The highest BCUT2D eigenvalue weighted by Crippen LogP contribution is 2.18. The number of para-hydroxylation sites is 2. The van der Waals surface area contributed by atoms with Gasteiger partial charge in [-0.25, -0.2) is 0 Å². The van der Waals surface area contributed by atoms with Gasteiger partial charge in [0.15, 0.2) is 5.58 Å². The van der Waals surface area contributed by atoms with Crippen molar-refractivity contribution in [3.63, 3.8) is 0 Å². The Morgan fingerprint density at radius 2 is 2.05 bits per heavy atom. The Hall–Kier alpha value is -2.69. The normalized spacial score (nSPS) is 10.6. The SMILES string of the molecule is Nc1cccc(OCCNc2nc3ccccc3o2)c1. The van der Waals surface area contributed by atoms with E-state index in [0.717, 1.165) is 16.8 Å². The molecule has 0 bridgehead atoms. The van der Waals surface area contributed by atoms with E-state index in [2.05, 4.69) is 10.3 Å². The number of benzene rings is 2.